The SMILES string of the molecule is O=C1CC[C@](c2ccccc2)([C@@]2(c3ccccc3)CCC(=O)O2)O1. The van der Waals surface area contributed by atoms with E-state index < -0.39 is 11.2 Å². The lowest BCUT2D eigenvalue weighted by atomic mass is 9.70. The summed E-state index contributed by atoms with van der Waals surface area (Å²) in [5.74, 6) is -0.505. The van der Waals surface area contributed by atoms with Gasteiger partial charge in [0.2, 0.25) is 0 Å². The highest BCUT2D eigenvalue weighted by molar-refractivity contribution is 5.76. The lowest BCUT2D eigenvalue weighted by Crippen LogP contribution is -2.49. The first-order valence-corrected chi connectivity index (χ1v) is 8.21. The van der Waals surface area contributed by atoms with Gasteiger partial charge in [-0.1, -0.05) is 60.7 Å². The number of esters is 2. The summed E-state index contributed by atoms with van der Waals surface area (Å²) < 4.78 is 11.8. The van der Waals surface area contributed by atoms with Crippen molar-refractivity contribution in [2.45, 2.75) is 36.9 Å². The number of hydrogen-bond acceptors (Lipinski definition) is 4. The van der Waals surface area contributed by atoms with E-state index in [-0.39, 0.29) is 11.9 Å². The summed E-state index contributed by atoms with van der Waals surface area (Å²) in [4.78, 5) is 24.2. The summed E-state index contributed by atoms with van der Waals surface area (Å²) in [5, 5.41) is 0. The number of ether oxygens (including phenoxy) is 2. The van der Waals surface area contributed by atoms with E-state index in [0.717, 1.165) is 11.1 Å². The first-order chi connectivity index (χ1) is 11.7. The van der Waals surface area contributed by atoms with Gasteiger partial charge < -0.3 is 9.47 Å². The molecular weight excluding hydrogens is 304 g/mol. The number of carbonyl (C=O) groups excluding carboxylic acids is 2. The van der Waals surface area contributed by atoms with Gasteiger partial charge in [-0.3, -0.25) is 9.59 Å². The number of hydrogen-bond donors (Lipinski definition) is 0. The van der Waals surface area contributed by atoms with Gasteiger partial charge in [0, 0.05) is 25.7 Å². The fourth-order valence-corrected chi connectivity index (χ4v) is 4.01. The van der Waals surface area contributed by atoms with Crippen molar-refractivity contribution in [1.82, 2.24) is 0 Å². The Balaban J connectivity index is 1.95. The molecule has 0 aliphatic carbocycles. The molecule has 2 aromatic rings. The van der Waals surface area contributed by atoms with Gasteiger partial charge in [0.05, 0.1) is 0 Å². The van der Waals surface area contributed by atoms with Crippen LogP contribution >= 0.6 is 0 Å². The highest BCUT2D eigenvalue weighted by atomic mass is 16.6. The summed E-state index contributed by atoms with van der Waals surface area (Å²) in [6, 6.07) is 19.3. The third-order valence-electron chi connectivity index (χ3n) is 5.07. The van der Waals surface area contributed by atoms with Gasteiger partial charge in [-0.25, -0.2) is 0 Å². The third kappa shape index (κ3) is 2.06. The average molecular weight is 322 g/mol. The van der Waals surface area contributed by atoms with Gasteiger partial charge in [0.15, 0.2) is 11.2 Å². The van der Waals surface area contributed by atoms with Crippen molar-refractivity contribution in [3.63, 3.8) is 0 Å². The maximum absolute atomic E-state index is 12.1. The van der Waals surface area contributed by atoms with Crippen molar-refractivity contribution in [3.05, 3.63) is 71.8 Å². The quantitative estimate of drug-likeness (QED) is 0.812. The molecule has 2 aromatic carbocycles. The Bertz CT molecular complexity index is 703. The molecule has 2 aliphatic heterocycles. The van der Waals surface area contributed by atoms with Crippen LogP contribution in [-0.4, -0.2) is 11.9 Å². The molecule has 2 aliphatic rings. The van der Waals surface area contributed by atoms with Crippen LogP contribution in [0.25, 0.3) is 0 Å². The van der Waals surface area contributed by atoms with Crippen LogP contribution in [0.4, 0.5) is 0 Å². The van der Waals surface area contributed by atoms with Crippen LogP contribution in [0.1, 0.15) is 36.8 Å². The Hall–Kier alpha value is -2.62. The Morgan fingerprint density at radius 1 is 0.625 bits per heavy atom. The maximum atomic E-state index is 12.1. The summed E-state index contributed by atoms with van der Waals surface area (Å²) >= 11 is 0. The van der Waals surface area contributed by atoms with Crippen molar-refractivity contribution < 1.29 is 19.1 Å². The molecule has 0 radical (unpaired) electrons. The third-order valence-corrected chi connectivity index (χ3v) is 5.07. The molecule has 2 fully saturated rings. The number of benzene rings is 2. The van der Waals surface area contributed by atoms with E-state index in [9.17, 15) is 9.59 Å². The molecule has 2 heterocycles. The minimum atomic E-state index is -0.973. The normalized spacial score (nSPS) is 29.3. The Morgan fingerprint density at radius 3 is 1.29 bits per heavy atom. The molecular formula is C20H18O4. The molecule has 0 N–H and O–H groups in total. The van der Waals surface area contributed by atoms with Crippen molar-refractivity contribution in [3.8, 4) is 0 Å². The fourth-order valence-electron chi connectivity index (χ4n) is 4.01. The minimum absolute atomic E-state index is 0.253. The van der Waals surface area contributed by atoms with E-state index in [1.54, 1.807) is 0 Å². The van der Waals surface area contributed by atoms with Gasteiger partial charge >= 0.3 is 11.9 Å². The first-order valence-electron chi connectivity index (χ1n) is 8.21. The summed E-state index contributed by atoms with van der Waals surface area (Å²) in [7, 11) is 0. The van der Waals surface area contributed by atoms with Gasteiger partial charge in [0.25, 0.3) is 0 Å². The predicted octanol–water partition coefficient (Wildman–Crippen LogP) is 3.45. The molecule has 0 unspecified atom stereocenters. The zero-order valence-corrected chi connectivity index (χ0v) is 13.2. The second-order valence-corrected chi connectivity index (χ2v) is 6.33. The van der Waals surface area contributed by atoms with Crippen molar-refractivity contribution in [2.75, 3.05) is 0 Å². The van der Waals surface area contributed by atoms with Gasteiger partial charge in [-0.05, 0) is 11.1 Å². The van der Waals surface area contributed by atoms with E-state index >= 15 is 0 Å². The van der Waals surface area contributed by atoms with E-state index in [0.29, 0.717) is 25.7 Å². The largest absolute Gasteiger partial charge is 0.449 e. The Kier molecular flexibility index (Phi) is 3.41. The lowest BCUT2D eigenvalue weighted by Gasteiger charge is -2.44. The van der Waals surface area contributed by atoms with Crippen molar-refractivity contribution in [2.24, 2.45) is 0 Å². The smallest absolute Gasteiger partial charge is 0.307 e. The van der Waals surface area contributed by atoms with Crippen LogP contribution in [0, 0.1) is 0 Å². The molecule has 122 valence electrons. The fraction of sp³-hybridized carbons (Fsp3) is 0.300. The van der Waals surface area contributed by atoms with Crippen LogP contribution in [-0.2, 0) is 30.3 Å². The molecule has 4 heteroatoms. The van der Waals surface area contributed by atoms with Crippen LogP contribution in [0.5, 0.6) is 0 Å². The number of rotatable bonds is 3. The molecule has 0 bridgehead atoms. The second kappa shape index (κ2) is 5.48. The highest BCUT2D eigenvalue weighted by Crippen LogP contribution is 2.56. The molecule has 0 spiro atoms. The predicted molar refractivity (Wildman–Crippen MR) is 86.9 cm³/mol. The zero-order chi connectivity index (χ0) is 16.6. The molecule has 0 amide bonds. The number of cyclic esters (lactones) is 2. The maximum Gasteiger partial charge on any atom is 0.307 e. The second-order valence-electron chi connectivity index (χ2n) is 6.33. The summed E-state index contributed by atoms with van der Waals surface area (Å²) in [6.45, 7) is 0. The van der Waals surface area contributed by atoms with Crippen LogP contribution < -0.4 is 0 Å². The molecule has 2 atom stereocenters. The van der Waals surface area contributed by atoms with E-state index in [1.165, 1.54) is 0 Å². The van der Waals surface area contributed by atoms with Gasteiger partial charge in [-0.15, -0.1) is 0 Å². The molecule has 0 aromatic heterocycles. The number of carbonyl (C=O) groups is 2. The topological polar surface area (TPSA) is 52.6 Å². The molecule has 4 nitrogen and oxygen atoms in total. The molecule has 2 saturated heterocycles. The monoisotopic (exact) mass is 322 g/mol. The lowest BCUT2D eigenvalue weighted by molar-refractivity contribution is -0.197. The summed E-state index contributed by atoms with van der Waals surface area (Å²) in [5.41, 5.74) is -0.207. The van der Waals surface area contributed by atoms with E-state index in [1.807, 2.05) is 60.7 Å². The van der Waals surface area contributed by atoms with Gasteiger partial charge in [-0.2, -0.15) is 0 Å². The van der Waals surface area contributed by atoms with Crippen LogP contribution in [0.2, 0.25) is 0 Å². The molecule has 24 heavy (non-hydrogen) atoms. The molecule has 4 rings (SSSR count). The highest BCUT2D eigenvalue weighted by Gasteiger charge is 2.63. The van der Waals surface area contributed by atoms with Crippen LogP contribution in [0.3, 0.4) is 0 Å². The Morgan fingerprint density at radius 2 is 1.00 bits per heavy atom. The van der Waals surface area contributed by atoms with E-state index in [4.69, 9.17) is 9.47 Å². The Labute approximate surface area is 140 Å². The van der Waals surface area contributed by atoms with Crippen LogP contribution in [0.15, 0.2) is 60.7 Å². The molecule has 0 saturated carbocycles. The average Bonchev–Trinajstić information content (AvgIpc) is 3.22. The standard InChI is InChI=1S/C20H18O4/c21-17-11-13-19(23-17,15-7-3-1-4-8-15)20(14-12-18(22)24-20)16-9-5-2-6-10-16/h1-10H,11-14H2/t19-,20-/m0/s1. The van der Waals surface area contributed by atoms with E-state index in [2.05, 4.69) is 0 Å². The van der Waals surface area contributed by atoms with Crippen molar-refractivity contribution in [1.29, 1.82) is 0 Å². The zero-order valence-electron chi connectivity index (χ0n) is 13.2. The van der Waals surface area contributed by atoms with Crippen molar-refractivity contribution >= 4 is 11.9 Å². The van der Waals surface area contributed by atoms with Gasteiger partial charge in [0.1, 0.15) is 0 Å². The summed E-state index contributed by atoms with van der Waals surface area (Å²) in [6.07, 6.45) is 1.64. The minimum Gasteiger partial charge on any atom is -0.449 e. The first kappa shape index (κ1) is 14.9.